The van der Waals surface area contributed by atoms with Crippen molar-refractivity contribution >= 4 is 17.7 Å². The molecule has 1 aliphatic heterocycles. The summed E-state index contributed by atoms with van der Waals surface area (Å²) in [5.74, 6) is -1.30. The molecule has 1 aromatic heterocycles. The van der Waals surface area contributed by atoms with Crippen LogP contribution in [0, 0.1) is 5.92 Å². The number of hydrogen-bond acceptors (Lipinski definition) is 3. The van der Waals surface area contributed by atoms with Gasteiger partial charge in [-0.25, -0.2) is 4.79 Å². The Bertz CT molecular complexity index is 421. The van der Waals surface area contributed by atoms with Gasteiger partial charge in [0.05, 0.1) is 17.8 Å². The highest BCUT2D eigenvalue weighted by Gasteiger charge is 2.30. The first-order valence-corrected chi connectivity index (χ1v) is 5.35. The van der Waals surface area contributed by atoms with E-state index < -0.39 is 11.9 Å². The van der Waals surface area contributed by atoms with E-state index in [1.54, 1.807) is 24.5 Å². The number of aromatic nitrogens is 1. The average Bonchev–Trinajstić information content (AvgIpc) is 2.79. The lowest BCUT2D eigenvalue weighted by atomic mass is 10.1. The predicted molar refractivity (Wildman–Crippen MR) is 60.6 cm³/mol. The van der Waals surface area contributed by atoms with E-state index in [-0.39, 0.29) is 12.6 Å². The van der Waals surface area contributed by atoms with Crippen LogP contribution in [0.3, 0.4) is 0 Å². The SMILES string of the molecule is O=C(O)C1CCN(C(=O)Nc2cccnc2)C1. The van der Waals surface area contributed by atoms with Crippen LogP contribution in [-0.2, 0) is 4.79 Å². The molecule has 1 unspecified atom stereocenters. The van der Waals surface area contributed by atoms with Crippen LogP contribution in [0.25, 0.3) is 0 Å². The van der Waals surface area contributed by atoms with Crippen LogP contribution < -0.4 is 5.32 Å². The third-order valence-electron chi connectivity index (χ3n) is 2.74. The van der Waals surface area contributed by atoms with Crippen molar-refractivity contribution in [3.8, 4) is 0 Å². The highest BCUT2D eigenvalue weighted by Crippen LogP contribution is 2.17. The lowest BCUT2D eigenvalue weighted by molar-refractivity contribution is -0.141. The fourth-order valence-corrected chi connectivity index (χ4v) is 1.79. The van der Waals surface area contributed by atoms with Gasteiger partial charge in [-0.2, -0.15) is 0 Å². The maximum atomic E-state index is 11.8. The number of anilines is 1. The van der Waals surface area contributed by atoms with E-state index in [1.807, 2.05) is 0 Å². The third-order valence-corrected chi connectivity index (χ3v) is 2.74. The summed E-state index contributed by atoms with van der Waals surface area (Å²) in [6, 6.07) is 3.18. The minimum absolute atomic E-state index is 0.265. The second-order valence-electron chi connectivity index (χ2n) is 3.94. The monoisotopic (exact) mass is 235 g/mol. The highest BCUT2D eigenvalue weighted by atomic mass is 16.4. The summed E-state index contributed by atoms with van der Waals surface area (Å²) in [5.41, 5.74) is 0.608. The molecular weight excluding hydrogens is 222 g/mol. The molecule has 1 saturated heterocycles. The van der Waals surface area contributed by atoms with Gasteiger partial charge in [-0.05, 0) is 18.6 Å². The number of carboxylic acids is 1. The van der Waals surface area contributed by atoms with Crippen LogP contribution in [0.1, 0.15) is 6.42 Å². The molecule has 2 heterocycles. The number of nitrogens with zero attached hydrogens (tertiary/aromatic N) is 2. The molecule has 0 aliphatic carbocycles. The Morgan fingerprint density at radius 1 is 1.53 bits per heavy atom. The van der Waals surface area contributed by atoms with Gasteiger partial charge in [0.25, 0.3) is 0 Å². The Hall–Kier alpha value is -2.11. The van der Waals surface area contributed by atoms with Crippen LogP contribution in [0.2, 0.25) is 0 Å². The van der Waals surface area contributed by atoms with Gasteiger partial charge in [-0.1, -0.05) is 0 Å². The topological polar surface area (TPSA) is 82.5 Å². The molecule has 1 atom stereocenters. The van der Waals surface area contributed by atoms with Gasteiger partial charge >= 0.3 is 12.0 Å². The number of amides is 2. The van der Waals surface area contributed by atoms with E-state index in [1.165, 1.54) is 4.90 Å². The zero-order valence-electron chi connectivity index (χ0n) is 9.17. The van der Waals surface area contributed by atoms with Crippen LogP contribution in [0.5, 0.6) is 0 Å². The molecular formula is C11H13N3O3. The standard InChI is InChI=1S/C11H13N3O3/c15-10(16)8-3-5-14(7-8)11(17)13-9-2-1-4-12-6-9/h1-2,4,6,8H,3,5,7H2,(H,13,17)(H,15,16). The molecule has 90 valence electrons. The minimum Gasteiger partial charge on any atom is -0.481 e. The quantitative estimate of drug-likeness (QED) is 0.801. The summed E-state index contributed by atoms with van der Waals surface area (Å²) in [4.78, 5) is 27.9. The van der Waals surface area contributed by atoms with Crippen molar-refractivity contribution in [3.05, 3.63) is 24.5 Å². The first kappa shape index (κ1) is 11.4. The van der Waals surface area contributed by atoms with Crippen molar-refractivity contribution in [1.29, 1.82) is 0 Å². The number of carbonyl (C=O) groups excluding carboxylic acids is 1. The molecule has 2 N–H and O–H groups in total. The molecule has 0 radical (unpaired) electrons. The van der Waals surface area contributed by atoms with Crippen LogP contribution in [0.4, 0.5) is 10.5 Å². The molecule has 0 aromatic carbocycles. The maximum absolute atomic E-state index is 11.8. The number of urea groups is 1. The first-order chi connectivity index (χ1) is 8.16. The van der Waals surface area contributed by atoms with Gasteiger partial charge in [-0.3, -0.25) is 9.78 Å². The number of rotatable bonds is 2. The van der Waals surface area contributed by atoms with Crippen molar-refractivity contribution in [3.63, 3.8) is 0 Å². The van der Waals surface area contributed by atoms with Crippen molar-refractivity contribution < 1.29 is 14.7 Å². The molecule has 0 bridgehead atoms. The maximum Gasteiger partial charge on any atom is 0.321 e. The Labute approximate surface area is 98.3 Å². The minimum atomic E-state index is -0.846. The molecule has 1 aliphatic rings. The highest BCUT2D eigenvalue weighted by molar-refractivity contribution is 5.89. The summed E-state index contributed by atoms with van der Waals surface area (Å²) in [6.45, 7) is 0.741. The average molecular weight is 235 g/mol. The molecule has 17 heavy (non-hydrogen) atoms. The Morgan fingerprint density at radius 2 is 2.35 bits per heavy atom. The zero-order valence-corrected chi connectivity index (χ0v) is 9.17. The largest absolute Gasteiger partial charge is 0.481 e. The predicted octanol–water partition coefficient (Wildman–Crippen LogP) is 1.02. The molecule has 1 fully saturated rings. The number of likely N-dealkylation sites (tertiary alicyclic amines) is 1. The fourth-order valence-electron chi connectivity index (χ4n) is 1.79. The molecule has 2 rings (SSSR count). The summed E-state index contributed by atoms with van der Waals surface area (Å²) in [5, 5.41) is 11.5. The van der Waals surface area contributed by atoms with Crippen molar-refractivity contribution in [2.45, 2.75) is 6.42 Å². The number of pyridine rings is 1. The Balaban J connectivity index is 1.92. The molecule has 2 amide bonds. The normalized spacial score (nSPS) is 19.1. The molecule has 6 heteroatoms. The first-order valence-electron chi connectivity index (χ1n) is 5.35. The van der Waals surface area contributed by atoms with Gasteiger partial charge < -0.3 is 15.3 Å². The molecule has 0 saturated carbocycles. The third kappa shape index (κ3) is 2.72. The summed E-state index contributed by atoms with van der Waals surface area (Å²) < 4.78 is 0. The Morgan fingerprint density at radius 3 is 2.94 bits per heavy atom. The summed E-state index contributed by atoms with van der Waals surface area (Å²) >= 11 is 0. The van der Waals surface area contributed by atoms with E-state index >= 15 is 0 Å². The van der Waals surface area contributed by atoms with Crippen LogP contribution in [-0.4, -0.2) is 40.1 Å². The van der Waals surface area contributed by atoms with Crippen molar-refractivity contribution in [2.75, 3.05) is 18.4 Å². The smallest absolute Gasteiger partial charge is 0.321 e. The van der Waals surface area contributed by atoms with Gasteiger partial charge in [0.15, 0.2) is 0 Å². The number of carboxylic acid groups (broad SMARTS) is 1. The van der Waals surface area contributed by atoms with Crippen LogP contribution >= 0.6 is 0 Å². The van der Waals surface area contributed by atoms with E-state index in [4.69, 9.17) is 5.11 Å². The van der Waals surface area contributed by atoms with E-state index in [0.29, 0.717) is 18.7 Å². The number of nitrogens with one attached hydrogen (secondary N) is 1. The lowest BCUT2D eigenvalue weighted by Gasteiger charge is -2.16. The van der Waals surface area contributed by atoms with Gasteiger partial charge in [0, 0.05) is 19.3 Å². The van der Waals surface area contributed by atoms with E-state index in [9.17, 15) is 9.59 Å². The van der Waals surface area contributed by atoms with E-state index in [2.05, 4.69) is 10.3 Å². The van der Waals surface area contributed by atoms with Crippen molar-refractivity contribution in [2.24, 2.45) is 5.92 Å². The Kier molecular flexibility index (Phi) is 3.22. The van der Waals surface area contributed by atoms with E-state index in [0.717, 1.165) is 0 Å². The molecule has 6 nitrogen and oxygen atoms in total. The fraction of sp³-hybridized carbons (Fsp3) is 0.364. The number of aliphatic carboxylic acids is 1. The molecule has 1 aromatic rings. The number of carbonyl (C=O) groups is 2. The summed E-state index contributed by atoms with van der Waals surface area (Å²) in [6.07, 6.45) is 3.67. The van der Waals surface area contributed by atoms with Gasteiger partial charge in [-0.15, -0.1) is 0 Å². The summed E-state index contributed by atoms with van der Waals surface area (Å²) in [7, 11) is 0. The van der Waals surface area contributed by atoms with Crippen molar-refractivity contribution in [1.82, 2.24) is 9.88 Å². The van der Waals surface area contributed by atoms with Gasteiger partial charge in [0.1, 0.15) is 0 Å². The lowest BCUT2D eigenvalue weighted by Crippen LogP contribution is -2.33. The second kappa shape index (κ2) is 4.82. The zero-order chi connectivity index (χ0) is 12.3. The van der Waals surface area contributed by atoms with Gasteiger partial charge in [0.2, 0.25) is 0 Å². The number of hydrogen-bond donors (Lipinski definition) is 2. The second-order valence-corrected chi connectivity index (χ2v) is 3.94. The molecule has 0 spiro atoms. The van der Waals surface area contributed by atoms with Crippen LogP contribution in [0.15, 0.2) is 24.5 Å².